The van der Waals surface area contributed by atoms with E-state index in [1.807, 2.05) is 13.0 Å². The Balaban J connectivity index is 1.75. The molecule has 0 aromatic rings. The number of ether oxygens (including phenoxy) is 1. The molecule has 2 unspecified atom stereocenters. The van der Waals surface area contributed by atoms with Crippen molar-refractivity contribution < 1.29 is 29.3 Å². The highest BCUT2D eigenvalue weighted by molar-refractivity contribution is 9.10. The van der Waals surface area contributed by atoms with Gasteiger partial charge in [0.05, 0.1) is 10.4 Å². The van der Waals surface area contributed by atoms with Gasteiger partial charge in [-0.25, -0.2) is 0 Å². The summed E-state index contributed by atoms with van der Waals surface area (Å²) in [6.07, 6.45) is 6.27. The van der Waals surface area contributed by atoms with Gasteiger partial charge in [-0.05, 0) is 55.6 Å². The molecule has 170 valence electrons. The van der Waals surface area contributed by atoms with Gasteiger partial charge in [0.15, 0.2) is 12.4 Å². The summed E-state index contributed by atoms with van der Waals surface area (Å²) in [5, 5.41) is 23.1. The molecule has 0 aromatic heterocycles. The minimum atomic E-state index is -1.65. The van der Waals surface area contributed by atoms with E-state index in [2.05, 4.69) is 29.8 Å². The van der Waals surface area contributed by atoms with Crippen LogP contribution in [0.2, 0.25) is 0 Å². The van der Waals surface area contributed by atoms with Crippen LogP contribution >= 0.6 is 15.9 Å². The summed E-state index contributed by atoms with van der Waals surface area (Å²) in [4.78, 5) is 36.3. The fourth-order valence-electron chi connectivity index (χ4n) is 7.35. The molecule has 4 aliphatic rings. The Morgan fingerprint density at radius 1 is 1.29 bits per heavy atom. The number of hydrogen-bond donors (Lipinski definition) is 2. The highest BCUT2D eigenvalue weighted by atomic mass is 79.9. The maximum atomic E-state index is 13.0. The monoisotopic (exact) mass is 494 g/mol. The fourth-order valence-corrected chi connectivity index (χ4v) is 8.38. The second-order valence-corrected chi connectivity index (χ2v) is 11.7. The molecule has 0 saturated heterocycles. The molecule has 0 heterocycles. The van der Waals surface area contributed by atoms with Gasteiger partial charge in [0, 0.05) is 17.8 Å². The Labute approximate surface area is 191 Å². The number of alkyl halides is 1. The topological polar surface area (TPSA) is 101 Å². The maximum Gasteiger partial charge on any atom is 0.303 e. The van der Waals surface area contributed by atoms with Crippen LogP contribution in [0.3, 0.4) is 0 Å². The van der Waals surface area contributed by atoms with Crippen LogP contribution in [0.25, 0.3) is 0 Å². The summed E-state index contributed by atoms with van der Waals surface area (Å²) < 4.78 is 4.20. The van der Waals surface area contributed by atoms with Crippen molar-refractivity contribution in [2.45, 2.75) is 69.4 Å². The minimum absolute atomic E-state index is 0.00611. The van der Waals surface area contributed by atoms with Crippen LogP contribution in [-0.2, 0) is 19.1 Å². The van der Waals surface area contributed by atoms with Crippen molar-refractivity contribution in [3.8, 4) is 0 Å². The van der Waals surface area contributed by atoms with E-state index in [1.54, 1.807) is 12.2 Å². The van der Waals surface area contributed by atoms with Crippen molar-refractivity contribution in [3.05, 3.63) is 23.8 Å². The molecular weight excluding hydrogens is 464 g/mol. The molecule has 4 aliphatic carbocycles. The lowest BCUT2D eigenvalue weighted by Gasteiger charge is -2.65. The number of aliphatic hydroxyl groups excluding tert-OH is 1. The lowest BCUT2D eigenvalue weighted by atomic mass is 9.44. The Hall–Kier alpha value is -1.31. The Bertz CT molecular complexity index is 910. The molecule has 7 heteroatoms. The lowest BCUT2D eigenvalue weighted by molar-refractivity contribution is -0.176. The average molecular weight is 495 g/mol. The van der Waals surface area contributed by atoms with Gasteiger partial charge in [-0.3, -0.25) is 14.4 Å². The van der Waals surface area contributed by atoms with Crippen LogP contribution in [0, 0.1) is 28.6 Å². The molecule has 0 radical (unpaired) electrons. The molecule has 3 saturated carbocycles. The van der Waals surface area contributed by atoms with E-state index >= 15 is 0 Å². The lowest BCUT2D eigenvalue weighted by Crippen LogP contribution is -2.69. The summed E-state index contributed by atoms with van der Waals surface area (Å²) in [5.74, 6) is -0.974. The normalized spacial score (nSPS) is 48.4. The van der Waals surface area contributed by atoms with Crippen molar-refractivity contribution >= 4 is 33.5 Å². The Morgan fingerprint density at radius 3 is 2.61 bits per heavy atom. The van der Waals surface area contributed by atoms with Crippen molar-refractivity contribution in [3.63, 3.8) is 0 Å². The van der Waals surface area contributed by atoms with Crippen LogP contribution in [0.4, 0.5) is 0 Å². The smallest absolute Gasteiger partial charge is 0.303 e. The molecule has 0 aromatic carbocycles. The number of ketones is 2. The van der Waals surface area contributed by atoms with E-state index in [0.29, 0.717) is 6.42 Å². The SMILES string of the molecule is CC(=O)OCC(=O)[C@@]1(O)CC[C@H]2[C@@H]3CC(C)C4=CC(=O)C=C[C@]4(C)[C@@]3(Br)C(O)C[C@@]21C. The highest BCUT2D eigenvalue weighted by Gasteiger charge is 2.73. The highest BCUT2D eigenvalue weighted by Crippen LogP contribution is 2.71. The van der Waals surface area contributed by atoms with Crippen LogP contribution < -0.4 is 0 Å². The summed E-state index contributed by atoms with van der Waals surface area (Å²) in [5.41, 5.74) is -2.01. The van der Waals surface area contributed by atoms with Gasteiger partial charge < -0.3 is 14.9 Å². The second-order valence-electron chi connectivity index (χ2n) is 10.4. The maximum absolute atomic E-state index is 13.0. The molecule has 0 aliphatic heterocycles. The van der Waals surface area contributed by atoms with Crippen molar-refractivity contribution in [2.75, 3.05) is 6.61 Å². The average Bonchev–Trinajstić information content (AvgIpc) is 2.96. The minimum Gasteiger partial charge on any atom is -0.458 e. The largest absolute Gasteiger partial charge is 0.458 e. The first-order valence-electron chi connectivity index (χ1n) is 11.0. The summed E-state index contributed by atoms with van der Waals surface area (Å²) in [6, 6.07) is 0. The third-order valence-electron chi connectivity index (χ3n) is 8.99. The van der Waals surface area contributed by atoms with Crippen LogP contribution in [-0.4, -0.2) is 50.4 Å². The fraction of sp³-hybridized carbons (Fsp3) is 0.708. The Morgan fingerprint density at radius 2 is 1.97 bits per heavy atom. The first-order chi connectivity index (χ1) is 14.3. The Kier molecular flexibility index (Phi) is 5.23. The van der Waals surface area contributed by atoms with Gasteiger partial charge in [0.25, 0.3) is 0 Å². The predicted molar refractivity (Wildman–Crippen MR) is 117 cm³/mol. The molecule has 2 N–H and O–H groups in total. The van der Waals surface area contributed by atoms with Gasteiger partial charge in [0.2, 0.25) is 5.78 Å². The van der Waals surface area contributed by atoms with E-state index in [0.717, 1.165) is 12.0 Å². The summed E-state index contributed by atoms with van der Waals surface area (Å²) >= 11 is 3.98. The zero-order valence-electron chi connectivity index (χ0n) is 18.5. The molecule has 31 heavy (non-hydrogen) atoms. The van der Waals surface area contributed by atoms with E-state index in [-0.39, 0.29) is 36.4 Å². The second kappa shape index (κ2) is 7.09. The number of carbonyl (C=O) groups is 3. The predicted octanol–water partition coefficient (Wildman–Crippen LogP) is 2.89. The number of carbonyl (C=O) groups excluding carboxylic acids is 3. The van der Waals surface area contributed by atoms with Gasteiger partial charge in [0.1, 0.15) is 5.60 Å². The third-order valence-corrected chi connectivity index (χ3v) is 10.9. The molecule has 0 amide bonds. The zero-order valence-corrected chi connectivity index (χ0v) is 20.1. The number of esters is 1. The van der Waals surface area contributed by atoms with Gasteiger partial charge >= 0.3 is 5.97 Å². The number of halogens is 1. The molecule has 6 nitrogen and oxygen atoms in total. The zero-order chi connectivity index (χ0) is 23.0. The number of Topliss-reactive ketones (excluding diaryl/α,β-unsaturated/α-hetero) is 1. The quantitative estimate of drug-likeness (QED) is 0.462. The molecule has 4 rings (SSSR count). The van der Waals surface area contributed by atoms with E-state index < -0.39 is 45.2 Å². The van der Waals surface area contributed by atoms with Crippen molar-refractivity contribution in [1.82, 2.24) is 0 Å². The van der Waals surface area contributed by atoms with Crippen molar-refractivity contribution in [1.29, 1.82) is 0 Å². The molecule has 3 fully saturated rings. The summed E-state index contributed by atoms with van der Waals surface area (Å²) in [7, 11) is 0. The third kappa shape index (κ3) is 2.85. The number of hydrogen-bond acceptors (Lipinski definition) is 6. The molecule has 0 spiro atoms. The van der Waals surface area contributed by atoms with Gasteiger partial charge in [-0.2, -0.15) is 0 Å². The number of aliphatic hydroxyl groups is 2. The molecule has 0 bridgehead atoms. The number of rotatable bonds is 3. The molecule has 8 atom stereocenters. The number of allylic oxidation sites excluding steroid dienone is 4. The van der Waals surface area contributed by atoms with Crippen LogP contribution in [0.5, 0.6) is 0 Å². The van der Waals surface area contributed by atoms with E-state index in [1.165, 1.54) is 6.92 Å². The summed E-state index contributed by atoms with van der Waals surface area (Å²) in [6.45, 7) is 6.84. The first-order valence-corrected chi connectivity index (χ1v) is 11.8. The first kappa shape index (κ1) is 22.9. The van der Waals surface area contributed by atoms with Gasteiger partial charge in [-0.1, -0.05) is 48.4 Å². The van der Waals surface area contributed by atoms with E-state index in [4.69, 9.17) is 4.74 Å². The standard InChI is InChI=1S/C24H31BrO6/c1-13-9-18-16-6-8-23(30,20(29)12-31-14(2)26)22(16,4)11-19(28)24(18,25)21(3)7-5-15(27)10-17(13)21/h5,7,10,13,16,18-19,28,30H,6,8-9,11-12H2,1-4H3/t13?,16-,18-,19?,21-,22-,23-,24-/m0/s1. The van der Waals surface area contributed by atoms with Crippen LogP contribution in [0.1, 0.15) is 53.4 Å². The van der Waals surface area contributed by atoms with Crippen molar-refractivity contribution in [2.24, 2.45) is 28.6 Å². The number of fused-ring (bicyclic) bond motifs is 5. The van der Waals surface area contributed by atoms with E-state index in [9.17, 15) is 24.6 Å². The van der Waals surface area contributed by atoms with Gasteiger partial charge in [-0.15, -0.1) is 0 Å². The molecular formula is C24H31BrO6. The van der Waals surface area contributed by atoms with Crippen LogP contribution in [0.15, 0.2) is 23.8 Å².